The van der Waals surface area contributed by atoms with Crippen LogP contribution in [0.1, 0.15) is 31.5 Å². The minimum atomic E-state index is -0.730. The molecule has 40 heavy (non-hydrogen) atoms. The van der Waals surface area contributed by atoms with Crippen LogP contribution in [0.4, 0.5) is 0 Å². The molecule has 0 fully saturated rings. The first-order valence-corrected chi connectivity index (χ1v) is 12.6. The van der Waals surface area contributed by atoms with Gasteiger partial charge in [0, 0.05) is 25.6 Å². The number of imidazole rings is 1. The zero-order valence-electron chi connectivity index (χ0n) is 22.5. The van der Waals surface area contributed by atoms with Crippen LogP contribution in [0.3, 0.4) is 0 Å². The predicted molar refractivity (Wildman–Crippen MR) is 146 cm³/mol. The van der Waals surface area contributed by atoms with Gasteiger partial charge in [0.15, 0.2) is 17.0 Å². The third-order valence-electron chi connectivity index (χ3n) is 6.81. The highest BCUT2D eigenvalue weighted by atomic mass is 16.5. The summed E-state index contributed by atoms with van der Waals surface area (Å²) in [4.78, 5) is 43.6. The number of tetrazole rings is 1. The Bertz CT molecular complexity index is 1790. The van der Waals surface area contributed by atoms with Crippen molar-refractivity contribution in [2.24, 2.45) is 0 Å². The van der Waals surface area contributed by atoms with Crippen molar-refractivity contribution in [2.45, 2.75) is 39.6 Å². The summed E-state index contributed by atoms with van der Waals surface area (Å²) in [6, 6.07) is 15.7. The van der Waals surface area contributed by atoms with Gasteiger partial charge in [-0.15, -0.1) is 5.10 Å². The largest absolute Gasteiger partial charge is 0.468 e. The Hall–Kier alpha value is -4.91. The fourth-order valence-corrected chi connectivity index (χ4v) is 4.69. The summed E-state index contributed by atoms with van der Waals surface area (Å²) in [5.74, 6) is 0.470. The number of rotatable bonds is 9. The molecule has 1 atom stereocenters. The molecule has 3 aromatic heterocycles. The number of aryl methyl sites for hydroxylation is 1. The number of hydrogen-bond donors (Lipinski definition) is 1. The molecular weight excluding hydrogens is 516 g/mol. The van der Waals surface area contributed by atoms with Crippen LogP contribution in [0.5, 0.6) is 0 Å². The standard InChI is InChI=1S/C27H28N8O5/c1-5-21-28-25-23(26(37)34(15-22(36)40-4)27(38)35(25)16(2)39-3)33(21)14-17-10-12-18(13-11-17)19-8-6-7-9-20(19)24-29-31-32-30-24/h6-13,16H,5,14-15H2,1-4H3,(H,29,30,31,32). The molecule has 0 spiro atoms. The summed E-state index contributed by atoms with van der Waals surface area (Å²) < 4.78 is 14.1. The zero-order valence-corrected chi connectivity index (χ0v) is 22.5. The van der Waals surface area contributed by atoms with Crippen molar-refractivity contribution in [3.63, 3.8) is 0 Å². The first-order chi connectivity index (χ1) is 19.4. The molecule has 206 valence electrons. The van der Waals surface area contributed by atoms with E-state index in [1.54, 1.807) is 11.5 Å². The Morgan fingerprint density at radius 3 is 2.38 bits per heavy atom. The third kappa shape index (κ3) is 4.71. The van der Waals surface area contributed by atoms with E-state index in [9.17, 15) is 14.4 Å². The van der Waals surface area contributed by atoms with Crippen molar-refractivity contribution in [1.82, 2.24) is 39.3 Å². The maximum Gasteiger partial charge on any atom is 0.335 e. The molecule has 0 radical (unpaired) electrons. The van der Waals surface area contributed by atoms with E-state index in [2.05, 4.69) is 25.6 Å². The summed E-state index contributed by atoms with van der Waals surface area (Å²) >= 11 is 0. The fraction of sp³-hybridized carbons (Fsp3) is 0.296. The van der Waals surface area contributed by atoms with Gasteiger partial charge in [-0.05, 0) is 34.0 Å². The molecule has 13 nitrogen and oxygen atoms in total. The SMILES string of the molecule is CCc1nc2c(c(=O)n(CC(=O)OC)c(=O)n2C(C)OC)n1Cc1ccc(-c2ccccc2-c2nnn[nH]2)cc1. The maximum atomic E-state index is 13.6. The van der Waals surface area contributed by atoms with E-state index in [-0.39, 0.29) is 11.2 Å². The highest BCUT2D eigenvalue weighted by Crippen LogP contribution is 2.30. The quantitative estimate of drug-likeness (QED) is 0.275. The molecule has 1 unspecified atom stereocenters. The monoisotopic (exact) mass is 544 g/mol. The number of nitrogens with zero attached hydrogens (tertiary/aromatic N) is 7. The Morgan fingerprint density at radius 1 is 1.02 bits per heavy atom. The van der Waals surface area contributed by atoms with Gasteiger partial charge in [0.2, 0.25) is 0 Å². The van der Waals surface area contributed by atoms with E-state index in [0.717, 1.165) is 26.8 Å². The Balaban J connectivity index is 1.60. The van der Waals surface area contributed by atoms with Gasteiger partial charge in [0.05, 0.1) is 7.11 Å². The van der Waals surface area contributed by atoms with E-state index < -0.39 is 30.0 Å². The molecule has 0 saturated heterocycles. The Kier molecular flexibility index (Phi) is 7.38. The van der Waals surface area contributed by atoms with Crippen LogP contribution >= 0.6 is 0 Å². The van der Waals surface area contributed by atoms with Crippen molar-refractivity contribution in [2.75, 3.05) is 14.2 Å². The molecular formula is C27H28N8O5. The molecule has 0 aliphatic carbocycles. The number of benzene rings is 2. The second-order valence-electron chi connectivity index (χ2n) is 9.09. The topological polar surface area (TPSA) is 152 Å². The third-order valence-corrected chi connectivity index (χ3v) is 6.81. The van der Waals surface area contributed by atoms with Gasteiger partial charge in [0.25, 0.3) is 5.56 Å². The van der Waals surface area contributed by atoms with Gasteiger partial charge in [0.1, 0.15) is 18.6 Å². The molecule has 5 rings (SSSR count). The van der Waals surface area contributed by atoms with E-state index >= 15 is 0 Å². The van der Waals surface area contributed by atoms with Crippen LogP contribution in [0.25, 0.3) is 33.7 Å². The van der Waals surface area contributed by atoms with E-state index in [4.69, 9.17) is 9.47 Å². The molecule has 3 heterocycles. The summed E-state index contributed by atoms with van der Waals surface area (Å²) in [5, 5.41) is 14.2. The molecule has 13 heteroatoms. The van der Waals surface area contributed by atoms with Gasteiger partial charge >= 0.3 is 11.7 Å². The van der Waals surface area contributed by atoms with Crippen molar-refractivity contribution in [1.29, 1.82) is 0 Å². The van der Waals surface area contributed by atoms with Crippen LogP contribution in [0, 0.1) is 0 Å². The average Bonchev–Trinajstić information content (AvgIpc) is 3.64. The number of carbonyl (C=O) groups excluding carboxylic acids is 1. The molecule has 1 N–H and O–H groups in total. The summed E-state index contributed by atoms with van der Waals surface area (Å²) in [6.45, 7) is 3.39. The lowest BCUT2D eigenvalue weighted by atomic mass is 9.98. The number of hydrogen-bond acceptors (Lipinski definition) is 9. The first kappa shape index (κ1) is 26.7. The van der Waals surface area contributed by atoms with Crippen LogP contribution < -0.4 is 11.2 Å². The van der Waals surface area contributed by atoms with Crippen molar-refractivity contribution >= 4 is 17.1 Å². The number of carbonyl (C=O) groups is 1. The molecule has 0 bridgehead atoms. The molecule has 0 aliphatic heterocycles. The van der Waals surface area contributed by atoms with Gasteiger partial charge in [-0.25, -0.2) is 24.0 Å². The van der Waals surface area contributed by atoms with Crippen LogP contribution in [0.15, 0.2) is 58.1 Å². The normalized spacial score (nSPS) is 12.1. The van der Waals surface area contributed by atoms with Gasteiger partial charge < -0.3 is 14.0 Å². The van der Waals surface area contributed by atoms with E-state index in [0.29, 0.717) is 24.6 Å². The average molecular weight is 545 g/mol. The molecule has 0 aliphatic rings. The number of methoxy groups -OCH3 is 2. The summed E-state index contributed by atoms with van der Waals surface area (Å²) in [7, 11) is 2.65. The maximum absolute atomic E-state index is 13.6. The molecule has 0 saturated carbocycles. The van der Waals surface area contributed by atoms with Crippen LogP contribution in [-0.4, -0.2) is 59.5 Å². The molecule has 5 aromatic rings. The number of esters is 1. The minimum Gasteiger partial charge on any atom is -0.468 e. The second-order valence-corrected chi connectivity index (χ2v) is 9.09. The Morgan fingerprint density at radius 2 is 1.75 bits per heavy atom. The lowest BCUT2D eigenvalue weighted by Crippen LogP contribution is -2.43. The number of fused-ring (bicyclic) bond motifs is 1. The van der Waals surface area contributed by atoms with Crippen LogP contribution in [0.2, 0.25) is 0 Å². The number of aromatic amines is 1. The number of nitrogens with one attached hydrogen (secondary N) is 1. The molecule has 2 aromatic carbocycles. The van der Waals surface area contributed by atoms with Gasteiger partial charge in [-0.3, -0.25) is 9.59 Å². The number of H-pyrrole nitrogens is 1. The highest BCUT2D eigenvalue weighted by molar-refractivity contribution is 5.80. The van der Waals surface area contributed by atoms with Crippen molar-refractivity contribution in [3.05, 3.63) is 80.8 Å². The fourth-order valence-electron chi connectivity index (χ4n) is 4.69. The van der Waals surface area contributed by atoms with Crippen molar-refractivity contribution < 1.29 is 14.3 Å². The van der Waals surface area contributed by atoms with Crippen molar-refractivity contribution in [3.8, 4) is 22.5 Å². The highest BCUT2D eigenvalue weighted by Gasteiger charge is 2.25. The molecule has 0 amide bonds. The van der Waals surface area contributed by atoms with Gasteiger partial charge in [-0.2, -0.15) is 0 Å². The Labute approximate surface area is 228 Å². The predicted octanol–water partition coefficient (Wildman–Crippen LogP) is 2.16. The zero-order chi connectivity index (χ0) is 28.4. The second kappa shape index (κ2) is 11.1. The lowest BCUT2D eigenvalue weighted by Gasteiger charge is -2.16. The summed E-state index contributed by atoms with van der Waals surface area (Å²) in [6.07, 6.45) is -0.219. The number of aromatic nitrogens is 8. The smallest absolute Gasteiger partial charge is 0.335 e. The number of ether oxygens (including phenoxy) is 2. The van der Waals surface area contributed by atoms with E-state index in [1.807, 2.05) is 55.5 Å². The minimum absolute atomic E-state index is 0.202. The van der Waals surface area contributed by atoms with Gasteiger partial charge in [-0.1, -0.05) is 55.5 Å². The first-order valence-electron chi connectivity index (χ1n) is 12.6. The van der Waals surface area contributed by atoms with Crippen LogP contribution in [-0.2, 0) is 33.8 Å². The summed E-state index contributed by atoms with van der Waals surface area (Å²) in [5.41, 5.74) is 2.78. The van der Waals surface area contributed by atoms with E-state index in [1.165, 1.54) is 18.8 Å². The lowest BCUT2D eigenvalue weighted by molar-refractivity contribution is -0.141.